The molecular weight excluding hydrogens is 1440 g/mol. The molecule has 0 saturated heterocycles. The Morgan fingerprint density at radius 2 is 0.697 bits per heavy atom. The van der Waals surface area contributed by atoms with Gasteiger partial charge in [0.2, 0.25) is 0 Å². The smallest absolute Gasteiger partial charge is 0.508 e. The molecule has 20 nitrogen and oxygen atoms in total. The second kappa shape index (κ2) is 72.1. The van der Waals surface area contributed by atoms with Gasteiger partial charge in [-0.25, -0.2) is 0 Å². The lowest BCUT2D eigenvalue weighted by molar-refractivity contribution is -0.0616. The molecule has 0 bridgehead atoms. The van der Waals surface area contributed by atoms with E-state index in [-0.39, 0.29) is 38.6 Å². The zero-order valence-corrected chi connectivity index (χ0v) is 75.3. The third-order valence-corrected chi connectivity index (χ3v) is 19.0. The molecule has 0 aliphatic carbocycles. The van der Waals surface area contributed by atoms with Gasteiger partial charge in [0.05, 0.1) is 54.4 Å². The first kappa shape index (κ1) is 114. The molecule has 0 aromatic heterocycles. The zero-order chi connectivity index (χ0) is 82.2. The highest BCUT2D eigenvalue weighted by atomic mass is 35.5. The highest BCUT2D eigenvalue weighted by Gasteiger charge is 2.43. The molecular formula is C86H151ClO20Si2. The summed E-state index contributed by atoms with van der Waals surface area (Å²) >= 11 is 0. The van der Waals surface area contributed by atoms with Gasteiger partial charge < -0.3 is 93.2 Å². The summed E-state index contributed by atoms with van der Waals surface area (Å²) in [4.78, 5) is 0. The number of halogens is 1. The summed E-state index contributed by atoms with van der Waals surface area (Å²) in [7, 11) is 8.99. The Labute approximate surface area is 671 Å². The van der Waals surface area contributed by atoms with Crippen molar-refractivity contribution < 1.29 is 93.2 Å². The number of phenols is 1. The number of hydrogen-bond acceptors (Lipinski definition) is 20. The number of ether oxygens (including phenoxy) is 13. The van der Waals surface area contributed by atoms with Crippen molar-refractivity contribution in [2.75, 3.05) is 116 Å². The molecule has 6 aromatic carbocycles. The molecule has 1 N–H and O–H groups in total. The molecule has 0 amide bonds. The molecule has 630 valence electrons. The number of rotatable bonds is 38. The van der Waals surface area contributed by atoms with Crippen molar-refractivity contribution in [2.45, 2.75) is 211 Å². The fourth-order valence-corrected chi connectivity index (χ4v) is 12.9. The molecule has 0 aliphatic heterocycles. The predicted octanol–water partition coefficient (Wildman–Crippen LogP) is 21.3. The van der Waals surface area contributed by atoms with Gasteiger partial charge in [-0.2, -0.15) is 0 Å². The molecule has 0 heterocycles. The van der Waals surface area contributed by atoms with E-state index < -0.39 is 17.6 Å². The lowest BCUT2D eigenvalue weighted by Crippen LogP contribution is -2.54. The zero-order valence-electron chi connectivity index (χ0n) is 72.5. The summed E-state index contributed by atoms with van der Waals surface area (Å²) in [5, 5.41) is 9.91. The summed E-state index contributed by atoms with van der Waals surface area (Å²) in [6.07, 6.45) is -0.246. The van der Waals surface area contributed by atoms with Crippen molar-refractivity contribution in [3.63, 3.8) is 0 Å². The fourth-order valence-electron chi connectivity index (χ4n) is 8.97. The normalized spacial score (nSPS) is 10.8. The van der Waals surface area contributed by atoms with Crippen LogP contribution in [0.2, 0.25) is 0 Å². The summed E-state index contributed by atoms with van der Waals surface area (Å²) in [6, 6.07) is 40.4. The van der Waals surface area contributed by atoms with E-state index in [0.717, 1.165) is 50.6 Å². The first-order valence-corrected chi connectivity index (χ1v) is 41.6. The Balaban J connectivity index is -0.000000289. The molecule has 109 heavy (non-hydrogen) atoms. The second-order valence-corrected chi connectivity index (χ2v) is 28.8. The van der Waals surface area contributed by atoms with Gasteiger partial charge in [-0.05, 0) is 173 Å². The minimum Gasteiger partial charge on any atom is -0.508 e. The summed E-state index contributed by atoms with van der Waals surface area (Å²) < 4.78 is 104. The van der Waals surface area contributed by atoms with E-state index in [1.807, 2.05) is 207 Å². The van der Waals surface area contributed by atoms with Crippen LogP contribution in [0, 0.1) is 11.8 Å². The molecule has 0 aliphatic rings. The van der Waals surface area contributed by atoms with Gasteiger partial charge in [0.25, 0.3) is 0 Å². The summed E-state index contributed by atoms with van der Waals surface area (Å²) in [6.45, 7) is 52.3. The number of phenolic OH excluding ortho intramolecular Hbond substituents is 1. The maximum absolute atomic E-state index is 9.06. The lowest BCUT2D eigenvalue weighted by Gasteiger charge is -2.28. The second-order valence-electron chi connectivity index (χ2n) is 23.4. The average molecular weight is 1600 g/mol. The Hall–Kier alpha value is -6.20. The molecule has 2 atom stereocenters. The third kappa shape index (κ3) is 49.7. The van der Waals surface area contributed by atoms with Gasteiger partial charge in [0, 0.05) is 80.9 Å². The fraction of sp³-hybridized carbons (Fsp3) is 0.581. The van der Waals surface area contributed by atoms with Crippen molar-refractivity contribution in [2.24, 2.45) is 11.8 Å². The van der Waals surface area contributed by atoms with Crippen molar-refractivity contribution in [1.29, 1.82) is 0 Å². The van der Waals surface area contributed by atoms with Gasteiger partial charge >= 0.3 is 17.6 Å². The quantitative estimate of drug-likeness (QED) is 0.0284. The van der Waals surface area contributed by atoms with E-state index in [2.05, 4.69) is 67.5 Å². The Morgan fingerprint density at radius 1 is 0.367 bits per heavy atom. The molecule has 23 heteroatoms. The van der Waals surface area contributed by atoms with E-state index in [1.165, 1.54) is 11.1 Å². The van der Waals surface area contributed by atoms with E-state index >= 15 is 0 Å². The van der Waals surface area contributed by atoms with E-state index in [1.54, 1.807) is 76.1 Å². The van der Waals surface area contributed by atoms with Gasteiger partial charge in [-0.15, -0.1) is 12.4 Å². The van der Waals surface area contributed by atoms with Crippen molar-refractivity contribution in [3.8, 4) is 51.7 Å². The van der Waals surface area contributed by atoms with Gasteiger partial charge in [-0.3, -0.25) is 0 Å². The van der Waals surface area contributed by atoms with Crippen LogP contribution in [-0.2, 0) is 70.1 Å². The Bertz CT molecular complexity index is 2940. The first-order valence-electron chi connectivity index (χ1n) is 37.9. The maximum atomic E-state index is 9.06. The predicted molar refractivity (Wildman–Crippen MR) is 456 cm³/mol. The van der Waals surface area contributed by atoms with Crippen LogP contribution in [0.25, 0.3) is 0 Å². The highest BCUT2D eigenvalue weighted by Crippen LogP contribution is 2.32. The van der Waals surface area contributed by atoms with E-state index in [9.17, 15) is 0 Å². The minimum atomic E-state index is -2.85. The summed E-state index contributed by atoms with van der Waals surface area (Å²) in [5.74, 6) is 8.32. The van der Waals surface area contributed by atoms with Crippen LogP contribution in [0.5, 0.6) is 51.7 Å². The van der Waals surface area contributed by atoms with Crippen LogP contribution in [0.4, 0.5) is 0 Å². The van der Waals surface area contributed by atoms with Crippen LogP contribution >= 0.6 is 12.4 Å². The van der Waals surface area contributed by atoms with Crippen LogP contribution in [0.3, 0.4) is 0 Å². The minimum absolute atomic E-state index is 0. The highest BCUT2D eigenvalue weighted by molar-refractivity contribution is 6.75. The standard InChI is InChI=1S/C16H28O6Si.C13H22O5Si.2C13H20O3.C13H20O2.C9H12O.4C2H6.CH4.ClH/c1-6-20-23(21-7-2,22-8-3)13-19-15-10-9-14(12-17-4)11-16(15)18-5;1-6-17-11(2)18-12-8-7-9-13(10-12)19(14-3,15-4)16-5;2*1-10(2)8-16-12-6-5-11(9-14-3)7-13(12)15-4;1-5-14-11(4)15-13-8-6-7-12(9-13)10(2)3;1-7(2)8-4-3-5-9(10)6-8;4*1-2;;/h9-11H,6-8,12-13H2,1-5H3;7-11H,6H2,1-5H3;2*5-7,10H,8-9H2,1-4H3;6-11H,5H2,1-4H3;3-7,10H,1-2H3;4*1-2H3;1H4;1H. The summed E-state index contributed by atoms with van der Waals surface area (Å²) in [5.41, 5.74) is 5.64. The molecule has 6 rings (SSSR count). The largest absolute Gasteiger partial charge is 0.540 e. The van der Waals surface area contributed by atoms with Gasteiger partial charge in [-0.1, -0.05) is 173 Å². The molecule has 2 unspecified atom stereocenters. The molecule has 6 aromatic rings. The lowest BCUT2D eigenvalue weighted by atomic mass is 10.0. The van der Waals surface area contributed by atoms with Gasteiger partial charge in [0.1, 0.15) is 17.2 Å². The Morgan fingerprint density at radius 3 is 0.991 bits per heavy atom. The average Bonchev–Trinajstić information content (AvgIpc) is 0.806. The number of benzene rings is 6. The Kier molecular flexibility index (Phi) is 75.2. The topological polar surface area (TPSA) is 196 Å². The molecule has 0 saturated carbocycles. The van der Waals surface area contributed by atoms with E-state index in [4.69, 9.17) is 93.2 Å². The SMILES string of the molecule is C.CC.CC.CC.CC.CC(C)c1cccc(O)c1.CCOC(C)Oc1cccc(C(C)C)c1.CCOC(C)Oc1cccc([Si](OC)(OC)OC)c1.CCO[Si](COc1ccc(COC)cc1OC)(OCC)OCC.COCc1ccc(OCC(C)C)c(OC)c1.COCc1ccc(OCC(C)C)c(OC)c1.Cl. The number of aromatic hydroxyl groups is 1. The third-order valence-electron chi connectivity index (χ3n) is 13.7. The van der Waals surface area contributed by atoms with Crippen LogP contribution in [0.1, 0.15) is 206 Å². The first-order chi connectivity index (χ1) is 51.4. The van der Waals surface area contributed by atoms with Crippen LogP contribution in [-0.4, -0.2) is 152 Å². The maximum Gasteiger partial charge on any atom is 0.540 e. The molecule has 0 spiro atoms. The van der Waals surface area contributed by atoms with Gasteiger partial charge in [0.15, 0.2) is 53.3 Å². The monoisotopic (exact) mass is 1600 g/mol. The molecule has 0 fully saturated rings. The number of hydrogen-bond donors (Lipinski definition) is 1. The van der Waals surface area contributed by atoms with Crippen LogP contribution in [0.15, 0.2) is 127 Å². The number of methoxy groups -OCH3 is 6. The van der Waals surface area contributed by atoms with Crippen molar-refractivity contribution in [3.05, 3.63) is 155 Å². The van der Waals surface area contributed by atoms with Crippen molar-refractivity contribution in [1.82, 2.24) is 0 Å². The van der Waals surface area contributed by atoms with E-state index in [0.29, 0.717) is 113 Å². The van der Waals surface area contributed by atoms with Crippen molar-refractivity contribution >= 4 is 35.2 Å². The van der Waals surface area contributed by atoms with Crippen LogP contribution < -0.4 is 43.1 Å². The molecule has 0 radical (unpaired) electrons.